The van der Waals surface area contributed by atoms with Crippen LogP contribution < -0.4 is 4.74 Å². The molecule has 0 aromatic heterocycles. The summed E-state index contributed by atoms with van der Waals surface area (Å²) in [6.45, 7) is 2.04. The first-order chi connectivity index (χ1) is 8.29. The fourth-order valence-electron chi connectivity index (χ4n) is 1.70. The van der Waals surface area contributed by atoms with E-state index in [1.165, 1.54) is 5.56 Å². The molecule has 1 atom stereocenters. The molecule has 0 saturated heterocycles. The van der Waals surface area contributed by atoms with E-state index in [1.54, 1.807) is 0 Å². The van der Waals surface area contributed by atoms with Crippen molar-refractivity contribution in [3.05, 3.63) is 65.7 Å². The molecule has 0 N–H and O–H groups in total. The SMILES string of the molecule is CC(Oc1cccc(CCl)c1)c1ccccc1. The molecule has 0 heterocycles. The van der Waals surface area contributed by atoms with Crippen molar-refractivity contribution in [3.63, 3.8) is 0 Å². The maximum Gasteiger partial charge on any atom is 0.121 e. The molecule has 1 unspecified atom stereocenters. The average Bonchev–Trinajstić information content (AvgIpc) is 2.40. The van der Waals surface area contributed by atoms with Crippen molar-refractivity contribution < 1.29 is 4.74 Å². The summed E-state index contributed by atoms with van der Waals surface area (Å²) in [5.41, 5.74) is 2.24. The molecule has 0 aliphatic heterocycles. The van der Waals surface area contributed by atoms with Gasteiger partial charge in [0.1, 0.15) is 11.9 Å². The van der Waals surface area contributed by atoms with E-state index in [9.17, 15) is 0 Å². The van der Waals surface area contributed by atoms with Crippen LogP contribution in [0.4, 0.5) is 0 Å². The Morgan fingerprint density at radius 3 is 2.53 bits per heavy atom. The summed E-state index contributed by atoms with van der Waals surface area (Å²) in [5.74, 6) is 1.37. The predicted molar refractivity (Wildman–Crippen MR) is 71.5 cm³/mol. The fourth-order valence-corrected chi connectivity index (χ4v) is 1.86. The maximum absolute atomic E-state index is 5.88. The molecule has 0 saturated carbocycles. The Hall–Kier alpha value is -1.47. The van der Waals surface area contributed by atoms with Gasteiger partial charge in [-0.3, -0.25) is 0 Å². The number of rotatable bonds is 4. The second kappa shape index (κ2) is 5.74. The van der Waals surface area contributed by atoms with E-state index in [2.05, 4.69) is 12.1 Å². The van der Waals surface area contributed by atoms with Gasteiger partial charge in [0.05, 0.1) is 0 Å². The van der Waals surface area contributed by atoms with Crippen LogP contribution in [-0.2, 0) is 5.88 Å². The van der Waals surface area contributed by atoms with E-state index in [4.69, 9.17) is 16.3 Å². The van der Waals surface area contributed by atoms with Crippen LogP contribution in [0, 0.1) is 0 Å². The van der Waals surface area contributed by atoms with Gasteiger partial charge in [-0.15, -0.1) is 11.6 Å². The van der Waals surface area contributed by atoms with E-state index < -0.39 is 0 Å². The van der Waals surface area contributed by atoms with E-state index >= 15 is 0 Å². The van der Waals surface area contributed by atoms with E-state index in [-0.39, 0.29) is 6.10 Å². The molecule has 2 heteroatoms. The van der Waals surface area contributed by atoms with Crippen molar-refractivity contribution in [3.8, 4) is 5.75 Å². The Labute approximate surface area is 107 Å². The lowest BCUT2D eigenvalue weighted by Gasteiger charge is -2.15. The minimum atomic E-state index is 0.0433. The maximum atomic E-state index is 5.88. The first-order valence-electron chi connectivity index (χ1n) is 5.66. The first-order valence-corrected chi connectivity index (χ1v) is 6.19. The third kappa shape index (κ3) is 3.24. The molecule has 2 aromatic carbocycles. The first kappa shape index (κ1) is 12.0. The molecule has 0 spiro atoms. The van der Waals surface area contributed by atoms with Gasteiger partial charge in [-0.1, -0.05) is 42.5 Å². The normalized spacial score (nSPS) is 12.1. The smallest absolute Gasteiger partial charge is 0.121 e. The molecular formula is C15H15ClO. The van der Waals surface area contributed by atoms with Crippen LogP contribution in [0.1, 0.15) is 24.2 Å². The van der Waals surface area contributed by atoms with Gasteiger partial charge in [-0.05, 0) is 30.2 Å². The number of ether oxygens (including phenoxy) is 1. The quantitative estimate of drug-likeness (QED) is 0.719. The number of benzene rings is 2. The summed E-state index contributed by atoms with van der Waals surface area (Å²) in [7, 11) is 0. The molecule has 2 aromatic rings. The molecule has 88 valence electrons. The van der Waals surface area contributed by atoms with Crippen molar-refractivity contribution >= 4 is 11.6 Å². The molecule has 17 heavy (non-hydrogen) atoms. The average molecular weight is 247 g/mol. The van der Waals surface area contributed by atoms with Crippen molar-refractivity contribution in [1.29, 1.82) is 0 Å². The summed E-state index contributed by atoms with van der Waals surface area (Å²) in [6, 6.07) is 18.1. The zero-order chi connectivity index (χ0) is 12.1. The van der Waals surface area contributed by atoms with Crippen molar-refractivity contribution in [1.82, 2.24) is 0 Å². The number of hydrogen-bond acceptors (Lipinski definition) is 1. The van der Waals surface area contributed by atoms with Crippen LogP contribution in [-0.4, -0.2) is 0 Å². The van der Waals surface area contributed by atoms with Gasteiger partial charge in [0, 0.05) is 5.88 Å². The molecule has 1 nitrogen and oxygen atoms in total. The predicted octanol–water partition coefficient (Wildman–Crippen LogP) is 4.57. The Bertz CT molecular complexity index is 467. The highest BCUT2D eigenvalue weighted by atomic mass is 35.5. The summed E-state index contributed by atoms with van der Waals surface area (Å²) in [4.78, 5) is 0. The van der Waals surface area contributed by atoms with Crippen LogP contribution in [0.2, 0.25) is 0 Å². The lowest BCUT2D eigenvalue weighted by molar-refractivity contribution is 0.227. The van der Waals surface area contributed by atoms with Crippen LogP contribution in [0.15, 0.2) is 54.6 Å². The Balaban J connectivity index is 2.10. The molecule has 0 bridgehead atoms. The standard InChI is InChI=1S/C15H15ClO/c1-12(14-7-3-2-4-8-14)17-15-9-5-6-13(10-15)11-16/h2-10,12H,11H2,1H3. The lowest BCUT2D eigenvalue weighted by Crippen LogP contribution is -2.02. The van der Waals surface area contributed by atoms with Gasteiger partial charge >= 0.3 is 0 Å². The van der Waals surface area contributed by atoms with Crippen molar-refractivity contribution in [2.75, 3.05) is 0 Å². The minimum absolute atomic E-state index is 0.0433. The highest BCUT2D eigenvalue weighted by Gasteiger charge is 2.06. The van der Waals surface area contributed by atoms with Crippen molar-refractivity contribution in [2.45, 2.75) is 18.9 Å². The highest BCUT2D eigenvalue weighted by molar-refractivity contribution is 6.17. The summed E-state index contributed by atoms with van der Waals surface area (Å²) in [5, 5.41) is 0. The molecule has 0 aliphatic carbocycles. The molecule has 0 amide bonds. The van der Waals surface area contributed by atoms with E-state index in [0.29, 0.717) is 5.88 Å². The third-order valence-electron chi connectivity index (χ3n) is 2.63. The molecule has 0 radical (unpaired) electrons. The van der Waals surface area contributed by atoms with Gasteiger partial charge < -0.3 is 4.74 Å². The van der Waals surface area contributed by atoms with E-state index in [0.717, 1.165) is 11.3 Å². The van der Waals surface area contributed by atoms with Crippen molar-refractivity contribution in [2.24, 2.45) is 0 Å². The van der Waals surface area contributed by atoms with Crippen LogP contribution in [0.5, 0.6) is 5.75 Å². The summed E-state index contributed by atoms with van der Waals surface area (Å²) < 4.78 is 5.88. The van der Waals surface area contributed by atoms with Gasteiger partial charge in [0.25, 0.3) is 0 Å². The number of alkyl halides is 1. The monoisotopic (exact) mass is 246 g/mol. The highest BCUT2D eigenvalue weighted by Crippen LogP contribution is 2.22. The number of halogens is 1. The summed E-state index contributed by atoms with van der Waals surface area (Å²) >= 11 is 5.80. The van der Waals surface area contributed by atoms with Gasteiger partial charge in [-0.2, -0.15) is 0 Å². The lowest BCUT2D eigenvalue weighted by atomic mass is 10.1. The number of hydrogen-bond donors (Lipinski definition) is 0. The van der Waals surface area contributed by atoms with Gasteiger partial charge in [0.2, 0.25) is 0 Å². The Kier molecular flexibility index (Phi) is 4.05. The molecule has 2 rings (SSSR count). The topological polar surface area (TPSA) is 9.23 Å². The van der Waals surface area contributed by atoms with Crippen LogP contribution in [0.3, 0.4) is 0 Å². The van der Waals surface area contributed by atoms with Crippen LogP contribution in [0.25, 0.3) is 0 Å². The summed E-state index contributed by atoms with van der Waals surface area (Å²) in [6.07, 6.45) is 0.0433. The van der Waals surface area contributed by atoms with Gasteiger partial charge in [-0.25, -0.2) is 0 Å². The van der Waals surface area contributed by atoms with Crippen LogP contribution >= 0.6 is 11.6 Å². The molecular weight excluding hydrogens is 232 g/mol. The Morgan fingerprint density at radius 1 is 1.06 bits per heavy atom. The third-order valence-corrected chi connectivity index (χ3v) is 2.94. The van der Waals surface area contributed by atoms with Gasteiger partial charge in [0.15, 0.2) is 0 Å². The zero-order valence-corrected chi connectivity index (χ0v) is 10.5. The largest absolute Gasteiger partial charge is 0.486 e. The zero-order valence-electron chi connectivity index (χ0n) is 9.77. The van der Waals surface area contributed by atoms with E-state index in [1.807, 2.05) is 49.4 Å². The molecule has 0 fully saturated rings. The molecule has 0 aliphatic rings. The minimum Gasteiger partial charge on any atom is -0.486 e. The Morgan fingerprint density at radius 2 is 1.82 bits per heavy atom. The second-order valence-corrected chi connectivity index (χ2v) is 4.22. The fraction of sp³-hybridized carbons (Fsp3) is 0.200. The second-order valence-electron chi connectivity index (χ2n) is 3.95.